The van der Waals surface area contributed by atoms with Gasteiger partial charge >= 0.3 is 0 Å². The van der Waals surface area contributed by atoms with E-state index in [0.29, 0.717) is 0 Å². The highest BCUT2D eigenvalue weighted by atomic mass is 79.9. The van der Waals surface area contributed by atoms with Gasteiger partial charge in [-0.3, -0.25) is 0 Å². The lowest BCUT2D eigenvalue weighted by Gasteiger charge is -2.46. The maximum absolute atomic E-state index is 11.0. The maximum atomic E-state index is 11.0. The first-order valence-electron chi connectivity index (χ1n) is 6.48. The van der Waals surface area contributed by atoms with Gasteiger partial charge in [-0.15, -0.1) is 0 Å². The number of ether oxygens (including phenoxy) is 1. The highest BCUT2D eigenvalue weighted by Crippen LogP contribution is 2.49. The molecule has 0 aromatic heterocycles. The molecule has 1 fully saturated rings. The van der Waals surface area contributed by atoms with E-state index in [-0.39, 0.29) is 12.0 Å². The monoisotopic (exact) mass is 308 g/mol. The average Bonchev–Trinajstić information content (AvgIpc) is 2.40. The van der Waals surface area contributed by atoms with Crippen molar-refractivity contribution in [2.45, 2.75) is 37.4 Å². The molecular weight excluding hydrogens is 292 g/mol. The second-order valence-electron chi connectivity index (χ2n) is 5.22. The van der Waals surface area contributed by atoms with Crippen LogP contribution in [0.25, 0.3) is 0 Å². The summed E-state index contributed by atoms with van der Waals surface area (Å²) in [6.07, 6.45) is 6.17. The minimum absolute atomic E-state index is 0.121. The van der Waals surface area contributed by atoms with Crippen LogP contribution in [0.1, 0.15) is 31.2 Å². The molecule has 2 aliphatic rings. The maximum Gasteiger partial charge on any atom is 0.126 e. The summed E-state index contributed by atoms with van der Waals surface area (Å²) in [5, 5.41) is 11.0. The predicted octanol–water partition coefficient (Wildman–Crippen LogP) is 3.77. The van der Waals surface area contributed by atoms with Crippen LogP contribution in [-0.4, -0.2) is 11.2 Å². The van der Waals surface area contributed by atoms with Gasteiger partial charge in [-0.1, -0.05) is 35.0 Å². The molecule has 1 aliphatic heterocycles. The number of hydrogen-bond donors (Lipinski definition) is 1. The molecule has 0 saturated heterocycles. The first-order valence-corrected chi connectivity index (χ1v) is 7.27. The van der Waals surface area contributed by atoms with Crippen LogP contribution in [0.2, 0.25) is 0 Å². The fourth-order valence-electron chi connectivity index (χ4n) is 3.28. The Kier molecular flexibility index (Phi) is 2.99. The van der Waals surface area contributed by atoms with Gasteiger partial charge in [0, 0.05) is 16.0 Å². The van der Waals surface area contributed by atoms with Gasteiger partial charge in [0.05, 0.1) is 0 Å². The minimum Gasteiger partial charge on any atom is -0.490 e. The quantitative estimate of drug-likeness (QED) is 0.800. The second kappa shape index (κ2) is 4.39. The molecule has 3 heteroatoms. The molecule has 0 radical (unpaired) electrons. The standard InChI is InChI=1S/C15H17BrO2/c1-2-15(17)11-5-3-4-6-13(11)18-14-8-7-10(16)9-12(14)15/h2,7-9,11,13,17H,1,3-6H2. The van der Waals surface area contributed by atoms with Crippen LogP contribution in [0.5, 0.6) is 5.75 Å². The van der Waals surface area contributed by atoms with Crippen molar-refractivity contribution in [2.24, 2.45) is 5.92 Å². The number of hydrogen-bond acceptors (Lipinski definition) is 2. The Labute approximate surface area is 116 Å². The molecule has 3 unspecified atom stereocenters. The van der Waals surface area contributed by atoms with Crippen molar-refractivity contribution in [3.05, 3.63) is 40.9 Å². The Hall–Kier alpha value is -0.800. The van der Waals surface area contributed by atoms with Gasteiger partial charge in [0.15, 0.2) is 0 Å². The Morgan fingerprint density at radius 2 is 2.17 bits per heavy atom. The van der Waals surface area contributed by atoms with Crippen molar-refractivity contribution in [1.82, 2.24) is 0 Å². The minimum atomic E-state index is -0.956. The number of halogens is 1. The van der Waals surface area contributed by atoms with Crippen molar-refractivity contribution in [2.75, 3.05) is 0 Å². The van der Waals surface area contributed by atoms with E-state index in [0.717, 1.165) is 35.0 Å². The summed E-state index contributed by atoms with van der Waals surface area (Å²) in [6.45, 7) is 3.85. The zero-order valence-electron chi connectivity index (χ0n) is 10.2. The van der Waals surface area contributed by atoms with Gasteiger partial charge in [0.25, 0.3) is 0 Å². The first-order chi connectivity index (χ1) is 8.65. The van der Waals surface area contributed by atoms with E-state index in [4.69, 9.17) is 4.74 Å². The van der Waals surface area contributed by atoms with Crippen molar-refractivity contribution >= 4 is 15.9 Å². The zero-order chi connectivity index (χ0) is 12.8. The first kappa shape index (κ1) is 12.2. The van der Waals surface area contributed by atoms with E-state index >= 15 is 0 Å². The van der Waals surface area contributed by atoms with Crippen LogP contribution in [0.4, 0.5) is 0 Å². The van der Waals surface area contributed by atoms with Crippen LogP contribution in [0.15, 0.2) is 35.3 Å². The normalized spacial score (nSPS) is 34.1. The van der Waals surface area contributed by atoms with Crippen LogP contribution in [0, 0.1) is 5.92 Å². The van der Waals surface area contributed by atoms with E-state index < -0.39 is 5.60 Å². The van der Waals surface area contributed by atoms with E-state index in [1.165, 1.54) is 6.42 Å². The van der Waals surface area contributed by atoms with Gasteiger partial charge in [0.1, 0.15) is 17.5 Å². The topological polar surface area (TPSA) is 29.5 Å². The van der Waals surface area contributed by atoms with Crippen LogP contribution in [-0.2, 0) is 5.60 Å². The Bertz CT molecular complexity index is 485. The molecule has 1 aliphatic carbocycles. The van der Waals surface area contributed by atoms with Crippen LogP contribution in [0.3, 0.4) is 0 Å². The van der Waals surface area contributed by atoms with Crippen molar-refractivity contribution in [3.8, 4) is 5.75 Å². The summed E-state index contributed by atoms with van der Waals surface area (Å²) >= 11 is 3.46. The Morgan fingerprint density at radius 3 is 2.94 bits per heavy atom. The molecule has 0 bridgehead atoms. The molecule has 3 atom stereocenters. The summed E-state index contributed by atoms with van der Waals surface area (Å²) in [5.41, 5.74) is -0.113. The highest BCUT2D eigenvalue weighted by Gasteiger charge is 2.47. The molecule has 1 N–H and O–H groups in total. The van der Waals surface area contributed by atoms with Crippen LogP contribution < -0.4 is 4.74 Å². The van der Waals surface area contributed by atoms with Gasteiger partial charge in [-0.25, -0.2) is 0 Å². The Balaban J connectivity index is 2.14. The third kappa shape index (κ3) is 1.72. The second-order valence-corrected chi connectivity index (χ2v) is 6.13. The van der Waals surface area contributed by atoms with E-state index in [9.17, 15) is 5.11 Å². The third-order valence-electron chi connectivity index (χ3n) is 4.23. The van der Waals surface area contributed by atoms with E-state index in [1.54, 1.807) is 6.08 Å². The molecule has 18 heavy (non-hydrogen) atoms. The molecule has 0 amide bonds. The lowest BCUT2D eigenvalue weighted by atomic mass is 9.70. The largest absolute Gasteiger partial charge is 0.490 e. The van der Waals surface area contributed by atoms with Gasteiger partial charge < -0.3 is 9.84 Å². The third-order valence-corrected chi connectivity index (χ3v) is 4.72. The fourth-order valence-corrected chi connectivity index (χ4v) is 3.64. The molecule has 1 aromatic rings. The van der Waals surface area contributed by atoms with Crippen molar-refractivity contribution in [3.63, 3.8) is 0 Å². The van der Waals surface area contributed by atoms with Crippen molar-refractivity contribution < 1.29 is 9.84 Å². The summed E-state index contributed by atoms with van der Waals surface area (Å²) < 4.78 is 7.02. The predicted molar refractivity (Wildman–Crippen MR) is 74.6 cm³/mol. The molecular formula is C15H17BrO2. The molecule has 3 rings (SSSR count). The number of fused-ring (bicyclic) bond motifs is 2. The van der Waals surface area contributed by atoms with Gasteiger partial charge in [0.2, 0.25) is 0 Å². The molecule has 2 nitrogen and oxygen atoms in total. The number of rotatable bonds is 1. The number of benzene rings is 1. The summed E-state index contributed by atoms with van der Waals surface area (Å²) in [6, 6.07) is 5.83. The lowest BCUT2D eigenvalue weighted by Crippen LogP contribution is -2.48. The van der Waals surface area contributed by atoms with E-state index in [1.807, 2.05) is 18.2 Å². The number of aliphatic hydroxyl groups is 1. The highest BCUT2D eigenvalue weighted by molar-refractivity contribution is 9.10. The average molecular weight is 309 g/mol. The summed E-state index contributed by atoms with van der Waals surface area (Å²) in [7, 11) is 0. The van der Waals surface area contributed by atoms with Gasteiger partial charge in [-0.05, 0) is 37.5 Å². The molecule has 96 valence electrons. The SMILES string of the molecule is C=CC1(O)c2cc(Br)ccc2OC2CCCCC21. The molecule has 1 heterocycles. The fraction of sp³-hybridized carbons (Fsp3) is 0.467. The van der Waals surface area contributed by atoms with Crippen molar-refractivity contribution in [1.29, 1.82) is 0 Å². The van der Waals surface area contributed by atoms with Gasteiger partial charge in [-0.2, -0.15) is 0 Å². The molecule has 1 saturated carbocycles. The van der Waals surface area contributed by atoms with Crippen LogP contribution >= 0.6 is 15.9 Å². The molecule has 1 aromatic carbocycles. The Morgan fingerprint density at radius 1 is 1.39 bits per heavy atom. The summed E-state index contributed by atoms with van der Waals surface area (Å²) in [5.74, 6) is 0.925. The summed E-state index contributed by atoms with van der Waals surface area (Å²) in [4.78, 5) is 0. The lowest BCUT2D eigenvalue weighted by molar-refractivity contribution is -0.0736. The molecule has 0 spiro atoms. The van der Waals surface area contributed by atoms with E-state index in [2.05, 4.69) is 22.5 Å². The smallest absolute Gasteiger partial charge is 0.126 e. The zero-order valence-corrected chi connectivity index (χ0v) is 11.8.